The first-order valence-electron chi connectivity index (χ1n) is 6.79. The molecule has 0 aromatic carbocycles. The van der Waals surface area contributed by atoms with Gasteiger partial charge in [0.25, 0.3) is 5.56 Å². The van der Waals surface area contributed by atoms with Gasteiger partial charge in [0, 0.05) is 25.1 Å². The number of nitrogens with zero attached hydrogens (tertiary/aromatic N) is 1. The number of hydrogen-bond donors (Lipinski definition) is 3. The van der Waals surface area contributed by atoms with Gasteiger partial charge in [-0.2, -0.15) is 0 Å². The second kappa shape index (κ2) is 6.00. The van der Waals surface area contributed by atoms with Crippen LogP contribution in [0.5, 0.6) is 0 Å². The second-order valence-electron chi connectivity index (χ2n) is 4.96. The predicted molar refractivity (Wildman–Crippen MR) is 72.7 cm³/mol. The fourth-order valence-corrected chi connectivity index (χ4v) is 2.67. The van der Waals surface area contributed by atoms with E-state index >= 15 is 0 Å². The highest BCUT2D eigenvalue weighted by atomic mass is 16.1. The van der Waals surface area contributed by atoms with Gasteiger partial charge in [-0.05, 0) is 18.8 Å². The molecule has 1 aliphatic rings. The summed E-state index contributed by atoms with van der Waals surface area (Å²) in [6, 6.07) is 1.74. The fourth-order valence-electron chi connectivity index (χ4n) is 2.67. The van der Waals surface area contributed by atoms with E-state index in [1.165, 1.54) is 31.7 Å². The van der Waals surface area contributed by atoms with E-state index in [1.807, 2.05) is 6.92 Å². The van der Waals surface area contributed by atoms with Crippen molar-refractivity contribution >= 4 is 5.82 Å². The minimum absolute atomic E-state index is 0.105. The summed E-state index contributed by atoms with van der Waals surface area (Å²) >= 11 is 0. The second-order valence-corrected chi connectivity index (χ2v) is 4.96. The Hall–Kier alpha value is -1.36. The molecule has 100 valence electrons. The Labute approximate surface area is 107 Å². The summed E-state index contributed by atoms with van der Waals surface area (Å²) in [5.74, 6) is 1.98. The van der Waals surface area contributed by atoms with Crippen LogP contribution in [-0.2, 0) is 6.42 Å². The summed E-state index contributed by atoms with van der Waals surface area (Å²) in [5.41, 5.74) is 5.73. The van der Waals surface area contributed by atoms with Crippen LogP contribution in [0.25, 0.3) is 0 Å². The lowest BCUT2D eigenvalue weighted by atomic mass is 9.98. The van der Waals surface area contributed by atoms with E-state index in [1.54, 1.807) is 0 Å². The highest BCUT2D eigenvalue weighted by Crippen LogP contribution is 2.28. The van der Waals surface area contributed by atoms with E-state index in [0.29, 0.717) is 24.1 Å². The molecule has 1 heterocycles. The van der Waals surface area contributed by atoms with Crippen LogP contribution in [0.4, 0.5) is 5.82 Å². The van der Waals surface area contributed by atoms with Gasteiger partial charge in [0.1, 0.15) is 11.6 Å². The van der Waals surface area contributed by atoms with Crippen molar-refractivity contribution in [2.45, 2.75) is 45.1 Å². The van der Waals surface area contributed by atoms with E-state index in [0.717, 1.165) is 6.42 Å². The van der Waals surface area contributed by atoms with Crippen LogP contribution < -0.4 is 16.6 Å². The lowest BCUT2D eigenvalue weighted by Crippen LogP contribution is -2.36. The molecule has 0 aliphatic heterocycles. The molecule has 4 N–H and O–H groups in total. The molecule has 0 radical (unpaired) electrons. The summed E-state index contributed by atoms with van der Waals surface area (Å²) < 4.78 is 0. The zero-order valence-electron chi connectivity index (χ0n) is 10.9. The first-order chi connectivity index (χ1) is 8.72. The Morgan fingerprint density at radius 2 is 2.28 bits per heavy atom. The van der Waals surface area contributed by atoms with Crippen molar-refractivity contribution < 1.29 is 0 Å². The van der Waals surface area contributed by atoms with Crippen LogP contribution in [0.2, 0.25) is 0 Å². The minimum Gasteiger partial charge on any atom is -0.366 e. The normalized spacial score (nSPS) is 17.9. The molecular formula is C13H22N4O. The molecule has 1 fully saturated rings. The van der Waals surface area contributed by atoms with Gasteiger partial charge in [-0.3, -0.25) is 4.79 Å². The van der Waals surface area contributed by atoms with Crippen LogP contribution in [0.3, 0.4) is 0 Å². The van der Waals surface area contributed by atoms with Crippen molar-refractivity contribution in [3.63, 3.8) is 0 Å². The molecule has 0 spiro atoms. The maximum absolute atomic E-state index is 11.5. The Balaban J connectivity index is 2.10. The van der Waals surface area contributed by atoms with Crippen LogP contribution in [0.1, 0.15) is 38.4 Å². The standard InChI is InChI=1S/C13H22N4O/c1-2-11-16-12(7-13(18)17-11)15-10(8-14)9-5-3-4-6-9/h7,9-10H,2-6,8,14H2,1H3,(H2,15,16,17,18). The van der Waals surface area contributed by atoms with Crippen LogP contribution in [-0.4, -0.2) is 22.6 Å². The Morgan fingerprint density at radius 1 is 1.56 bits per heavy atom. The molecule has 1 saturated carbocycles. The molecule has 1 unspecified atom stereocenters. The Morgan fingerprint density at radius 3 is 2.89 bits per heavy atom. The van der Waals surface area contributed by atoms with E-state index in [9.17, 15) is 4.79 Å². The third-order valence-corrected chi connectivity index (χ3v) is 3.68. The highest BCUT2D eigenvalue weighted by Gasteiger charge is 2.24. The average Bonchev–Trinajstić information content (AvgIpc) is 2.89. The van der Waals surface area contributed by atoms with Crippen molar-refractivity contribution in [3.8, 4) is 0 Å². The number of nitrogens with one attached hydrogen (secondary N) is 2. The molecular weight excluding hydrogens is 228 g/mol. The Kier molecular flexibility index (Phi) is 4.36. The summed E-state index contributed by atoms with van der Waals surface area (Å²) in [5, 5.41) is 3.33. The third-order valence-electron chi connectivity index (χ3n) is 3.68. The molecule has 18 heavy (non-hydrogen) atoms. The van der Waals surface area contributed by atoms with E-state index in [-0.39, 0.29) is 11.6 Å². The number of rotatable bonds is 5. The zero-order chi connectivity index (χ0) is 13.0. The monoisotopic (exact) mass is 250 g/mol. The summed E-state index contributed by atoms with van der Waals surface area (Å²) in [6.07, 6.45) is 5.73. The van der Waals surface area contributed by atoms with Gasteiger partial charge in [-0.25, -0.2) is 4.98 Å². The SMILES string of the molecule is CCc1nc(NC(CN)C2CCCC2)cc(=O)[nH]1. The van der Waals surface area contributed by atoms with Crippen LogP contribution in [0.15, 0.2) is 10.9 Å². The molecule has 0 bridgehead atoms. The minimum atomic E-state index is -0.105. The average molecular weight is 250 g/mol. The number of aromatic amines is 1. The number of nitrogens with two attached hydrogens (primary N) is 1. The fraction of sp³-hybridized carbons (Fsp3) is 0.692. The van der Waals surface area contributed by atoms with Gasteiger partial charge in [-0.1, -0.05) is 19.8 Å². The van der Waals surface area contributed by atoms with Crippen molar-refractivity contribution in [2.75, 3.05) is 11.9 Å². The van der Waals surface area contributed by atoms with Gasteiger partial charge in [0.05, 0.1) is 0 Å². The molecule has 5 nitrogen and oxygen atoms in total. The van der Waals surface area contributed by atoms with Crippen molar-refractivity contribution in [1.29, 1.82) is 0 Å². The van der Waals surface area contributed by atoms with Gasteiger partial charge < -0.3 is 16.0 Å². The van der Waals surface area contributed by atoms with E-state index < -0.39 is 0 Å². The van der Waals surface area contributed by atoms with Gasteiger partial charge in [0.15, 0.2) is 0 Å². The van der Waals surface area contributed by atoms with Gasteiger partial charge >= 0.3 is 0 Å². The van der Waals surface area contributed by atoms with Crippen molar-refractivity contribution in [3.05, 3.63) is 22.2 Å². The van der Waals surface area contributed by atoms with Crippen molar-refractivity contribution in [1.82, 2.24) is 9.97 Å². The maximum atomic E-state index is 11.5. The molecule has 1 aromatic rings. The number of aromatic nitrogens is 2. The molecule has 1 atom stereocenters. The molecule has 2 rings (SSSR count). The van der Waals surface area contributed by atoms with Gasteiger partial charge in [0.2, 0.25) is 0 Å². The molecule has 5 heteroatoms. The van der Waals surface area contributed by atoms with Gasteiger partial charge in [-0.15, -0.1) is 0 Å². The first-order valence-corrected chi connectivity index (χ1v) is 6.79. The van der Waals surface area contributed by atoms with E-state index in [2.05, 4.69) is 15.3 Å². The predicted octanol–water partition coefficient (Wildman–Crippen LogP) is 1.26. The lowest BCUT2D eigenvalue weighted by Gasteiger charge is -2.23. The molecule has 0 amide bonds. The van der Waals surface area contributed by atoms with Crippen LogP contribution in [0, 0.1) is 5.92 Å². The summed E-state index contributed by atoms with van der Waals surface area (Å²) in [6.45, 7) is 2.56. The largest absolute Gasteiger partial charge is 0.366 e. The lowest BCUT2D eigenvalue weighted by molar-refractivity contribution is 0.461. The molecule has 1 aromatic heterocycles. The summed E-state index contributed by atoms with van der Waals surface area (Å²) in [7, 11) is 0. The number of anilines is 1. The quantitative estimate of drug-likeness (QED) is 0.734. The third kappa shape index (κ3) is 3.10. The van der Waals surface area contributed by atoms with E-state index in [4.69, 9.17) is 5.73 Å². The van der Waals surface area contributed by atoms with Crippen LogP contribution >= 0.6 is 0 Å². The van der Waals surface area contributed by atoms with Crippen molar-refractivity contribution in [2.24, 2.45) is 11.7 Å². The molecule has 1 aliphatic carbocycles. The maximum Gasteiger partial charge on any atom is 0.252 e. The number of aryl methyl sites for hydroxylation is 1. The Bertz CT molecular complexity index is 437. The smallest absolute Gasteiger partial charge is 0.252 e. The number of hydrogen-bond acceptors (Lipinski definition) is 4. The zero-order valence-corrected chi connectivity index (χ0v) is 10.9. The molecule has 0 saturated heterocycles. The highest BCUT2D eigenvalue weighted by molar-refractivity contribution is 5.34. The summed E-state index contributed by atoms with van der Waals surface area (Å²) in [4.78, 5) is 18.6. The topological polar surface area (TPSA) is 83.8 Å². The first kappa shape index (κ1) is 13.1. The number of H-pyrrole nitrogens is 1.